The summed E-state index contributed by atoms with van der Waals surface area (Å²) in [7, 11) is -2.78. The van der Waals surface area contributed by atoms with Gasteiger partial charge in [0.2, 0.25) is 5.88 Å². The van der Waals surface area contributed by atoms with Gasteiger partial charge in [0.25, 0.3) is 0 Å². The molecule has 2 aromatic rings. The zero-order chi connectivity index (χ0) is 20.6. The van der Waals surface area contributed by atoms with Crippen molar-refractivity contribution in [3.05, 3.63) is 24.5 Å². The number of anilines is 1. The Hall–Kier alpha value is -1.93. The van der Waals surface area contributed by atoms with Crippen molar-refractivity contribution in [1.29, 1.82) is 0 Å². The van der Waals surface area contributed by atoms with Crippen molar-refractivity contribution in [2.24, 2.45) is 5.92 Å². The van der Waals surface area contributed by atoms with Gasteiger partial charge in [0.15, 0.2) is 0 Å². The Labute approximate surface area is 178 Å². The van der Waals surface area contributed by atoms with E-state index in [-0.39, 0.29) is 0 Å². The predicted octanol–water partition coefficient (Wildman–Crippen LogP) is 2.51. The second kappa shape index (κ2) is 8.30. The average Bonchev–Trinajstić information content (AvgIpc) is 2.72. The van der Waals surface area contributed by atoms with E-state index in [4.69, 9.17) is 4.74 Å². The Morgan fingerprint density at radius 2 is 1.77 bits per heavy atom. The molecule has 3 heterocycles. The van der Waals surface area contributed by atoms with E-state index in [0.717, 1.165) is 69.3 Å². The van der Waals surface area contributed by atoms with Gasteiger partial charge in [-0.3, -0.25) is 4.90 Å². The minimum absolute atomic E-state index is 0.296. The molecule has 0 unspecified atom stereocenters. The van der Waals surface area contributed by atoms with Gasteiger partial charge in [0.05, 0.1) is 22.4 Å². The summed E-state index contributed by atoms with van der Waals surface area (Å²) < 4.78 is 29.4. The molecule has 30 heavy (non-hydrogen) atoms. The minimum atomic E-state index is -2.78. The monoisotopic (exact) mass is 430 g/mol. The summed E-state index contributed by atoms with van der Waals surface area (Å²) >= 11 is 0. The molecule has 0 radical (unpaired) electrons. The maximum atomic E-state index is 11.6. The Morgan fingerprint density at radius 3 is 2.47 bits per heavy atom. The standard InChI is InChI=1S/C22H30N4O3S/c27-30(28)12-6-17(7-13-30)15-25-8-10-26(11-9-25)18-4-5-21-20(14-18)22(24-16-23-21)29-19-2-1-3-19/h4-5,14,16-17,19H,1-3,6-13,15H2. The van der Waals surface area contributed by atoms with Crippen LogP contribution in [0.3, 0.4) is 0 Å². The predicted molar refractivity (Wildman–Crippen MR) is 118 cm³/mol. The summed E-state index contributed by atoms with van der Waals surface area (Å²) in [6.45, 7) is 5.00. The number of aromatic nitrogens is 2. The van der Waals surface area contributed by atoms with Gasteiger partial charge in [-0.15, -0.1) is 0 Å². The van der Waals surface area contributed by atoms with Gasteiger partial charge in [0.1, 0.15) is 22.3 Å². The van der Waals surface area contributed by atoms with E-state index in [1.807, 2.05) is 0 Å². The van der Waals surface area contributed by atoms with Gasteiger partial charge in [-0.05, 0) is 56.2 Å². The third-order valence-corrected chi connectivity index (χ3v) is 8.56. The van der Waals surface area contributed by atoms with Gasteiger partial charge < -0.3 is 9.64 Å². The van der Waals surface area contributed by atoms with E-state index >= 15 is 0 Å². The molecule has 0 amide bonds. The Bertz CT molecular complexity index is 987. The number of ether oxygens (including phenoxy) is 1. The van der Waals surface area contributed by atoms with Crippen molar-refractivity contribution in [3.8, 4) is 5.88 Å². The summed E-state index contributed by atoms with van der Waals surface area (Å²) in [5.41, 5.74) is 2.12. The topological polar surface area (TPSA) is 75.6 Å². The summed E-state index contributed by atoms with van der Waals surface area (Å²) in [5.74, 6) is 1.95. The van der Waals surface area contributed by atoms with Crippen LogP contribution >= 0.6 is 0 Å². The van der Waals surface area contributed by atoms with Crippen molar-refractivity contribution in [2.75, 3.05) is 49.1 Å². The van der Waals surface area contributed by atoms with Crippen LogP contribution in [0.5, 0.6) is 5.88 Å². The van der Waals surface area contributed by atoms with Crippen LogP contribution in [-0.4, -0.2) is 73.6 Å². The first kappa shape index (κ1) is 20.0. The van der Waals surface area contributed by atoms with Gasteiger partial charge in [-0.1, -0.05) is 0 Å². The van der Waals surface area contributed by atoms with Crippen molar-refractivity contribution in [1.82, 2.24) is 14.9 Å². The molecule has 0 bridgehead atoms. The largest absolute Gasteiger partial charge is 0.474 e. The molecule has 2 aliphatic heterocycles. The number of hydrogen-bond acceptors (Lipinski definition) is 7. The average molecular weight is 431 g/mol. The number of benzene rings is 1. The number of hydrogen-bond donors (Lipinski definition) is 0. The van der Waals surface area contributed by atoms with Crippen LogP contribution in [0.25, 0.3) is 10.9 Å². The normalized spacial score (nSPS) is 23.4. The highest BCUT2D eigenvalue weighted by atomic mass is 32.2. The van der Waals surface area contributed by atoms with E-state index in [1.165, 1.54) is 12.1 Å². The molecule has 5 rings (SSSR count). The molecule has 162 valence electrons. The van der Waals surface area contributed by atoms with Crippen molar-refractivity contribution in [2.45, 2.75) is 38.2 Å². The molecule has 8 heteroatoms. The molecule has 0 spiro atoms. The van der Waals surface area contributed by atoms with E-state index < -0.39 is 9.84 Å². The van der Waals surface area contributed by atoms with Crippen molar-refractivity contribution >= 4 is 26.4 Å². The Kier molecular flexibility index (Phi) is 5.54. The van der Waals surface area contributed by atoms with E-state index in [0.29, 0.717) is 29.4 Å². The second-order valence-corrected chi connectivity index (χ2v) is 11.2. The first-order chi connectivity index (χ1) is 14.6. The molecule has 0 atom stereocenters. The van der Waals surface area contributed by atoms with Crippen LogP contribution in [0.1, 0.15) is 32.1 Å². The lowest BCUT2D eigenvalue weighted by atomic mass is 9.96. The maximum Gasteiger partial charge on any atom is 0.224 e. The number of piperazine rings is 1. The van der Waals surface area contributed by atoms with Crippen LogP contribution in [0.2, 0.25) is 0 Å². The quantitative estimate of drug-likeness (QED) is 0.721. The first-order valence-electron chi connectivity index (χ1n) is 11.1. The zero-order valence-corrected chi connectivity index (χ0v) is 18.2. The summed E-state index contributed by atoms with van der Waals surface area (Å²) in [6, 6.07) is 6.38. The SMILES string of the molecule is O=S1(=O)CCC(CN2CCN(c3ccc4ncnc(OC5CCC5)c4c3)CC2)CC1. The third kappa shape index (κ3) is 4.39. The molecular weight excluding hydrogens is 400 g/mol. The van der Waals surface area contributed by atoms with Gasteiger partial charge in [-0.2, -0.15) is 0 Å². The number of fused-ring (bicyclic) bond motifs is 1. The number of rotatable bonds is 5. The fraction of sp³-hybridized carbons (Fsp3) is 0.636. The molecule has 7 nitrogen and oxygen atoms in total. The lowest BCUT2D eigenvalue weighted by molar-refractivity contribution is 0.116. The van der Waals surface area contributed by atoms with E-state index in [2.05, 4.69) is 38.0 Å². The van der Waals surface area contributed by atoms with Gasteiger partial charge >= 0.3 is 0 Å². The Morgan fingerprint density at radius 1 is 1.00 bits per heavy atom. The number of nitrogens with zero attached hydrogens (tertiary/aromatic N) is 4. The van der Waals surface area contributed by atoms with Crippen LogP contribution in [0, 0.1) is 5.92 Å². The van der Waals surface area contributed by atoms with Crippen molar-refractivity contribution < 1.29 is 13.2 Å². The smallest absolute Gasteiger partial charge is 0.224 e. The molecule has 3 fully saturated rings. The first-order valence-corrected chi connectivity index (χ1v) is 13.0. The third-order valence-electron chi connectivity index (χ3n) is 6.84. The Balaban J connectivity index is 1.22. The fourth-order valence-electron chi connectivity index (χ4n) is 4.63. The number of sulfone groups is 1. The fourth-order valence-corrected chi connectivity index (χ4v) is 6.22. The van der Waals surface area contributed by atoms with Crippen LogP contribution in [0.4, 0.5) is 5.69 Å². The van der Waals surface area contributed by atoms with Crippen LogP contribution in [-0.2, 0) is 9.84 Å². The molecular formula is C22H30N4O3S. The lowest BCUT2D eigenvalue weighted by Gasteiger charge is -2.38. The maximum absolute atomic E-state index is 11.6. The lowest BCUT2D eigenvalue weighted by Crippen LogP contribution is -2.48. The van der Waals surface area contributed by atoms with Crippen molar-refractivity contribution in [3.63, 3.8) is 0 Å². The molecule has 0 N–H and O–H groups in total. The van der Waals surface area contributed by atoms with Crippen LogP contribution in [0.15, 0.2) is 24.5 Å². The van der Waals surface area contributed by atoms with Crippen LogP contribution < -0.4 is 9.64 Å². The summed E-state index contributed by atoms with van der Waals surface area (Å²) in [4.78, 5) is 13.7. The zero-order valence-electron chi connectivity index (χ0n) is 17.4. The molecule has 1 aliphatic carbocycles. The summed E-state index contributed by atoms with van der Waals surface area (Å²) in [5, 5.41) is 0.993. The van der Waals surface area contributed by atoms with Gasteiger partial charge in [-0.25, -0.2) is 18.4 Å². The summed E-state index contributed by atoms with van der Waals surface area (Å²) in [6.07, 6.45) is 6.98. The van der Waals surface area contributed by atoms with E-state index in [1.54, 1.807) is 6.33 Å². The molecule has 1 aromatic heterocycles. The molecule has 1 saturated carbocycles. The van der Waals surface area contributed by atoms with Gasteiger partial charge in [0, 0.05) is 38.4 Å². The molecule has 3 aliphatic rings. The van der Waals surface area contributed by atoms with E-state index in [9.17, 15) is 8.42 Å². The molecule has 2 saturated heterocycles. The highest BCUT2D eigenvalue weighted by Crippen LogP contribution is 2.31. The minimum Gasteiger partial charge on any atom is -0.474 e. The second-order valence-electron chi connectivity index (χ2n) is 8.93. The highest BCUT2D eigenvalue weighted by Gasteiger charge is 2.27. The highest BCUT2D eigenvalue weighted by molar-refractivity contribution is 7.91. The molecule has 1 aromatic carbocycles.